The number of carbonyl (C=O) groups is 3. The number of anilines is 4. The van der Waals surface area contributed by atoms with Crippen LogP contribution in [0.25, 0.3) is 0 Å². The molecule has 0 aliphatic carbocycles. The molecule has 32 heavy (non-hydrogen) atoms. The van der Waals surface area contributed by atoms with Crippen molar-refractivity contribution in [1.29, 1.82) is 0 Å². The summed E-state index contributed by atoms with van der Waals surface area (Å²) in [5, 5.41) is 2.91. The number of nitrogen functional groups attached to an aromatic ring is 1. The summed E-state index contributed by atoms with van der Waals surface area (Å²) in [6, 6.07) is 9.15. The van der Waals surface area contributed by atoms with Gasteiger partial charge < -0.3 is 20.5 Å². The largest absolute Gasteiger partial charge is 0.465 e. The zero-order chi connectivity index (χ0) is 23.1. The Kier molecular flexibility index (Phi) is 6.75. The number of ether oxygens (including phenoxy) is 2. The van der Waals surface area contributed by atoms with Crippen LogP contribution in [-0.4, -0.2) is 47.0 Å². The van der Waals surface area contributed by atoms with Crippen LogP contribution in [0, 0.1) is 0 Å². The Balaban J connectivity index is 1.83. The molecule has 12 nitrogen and oxygen atoms in total. The van der Waals surface area contributed by atoms with Crippen molar-refractivity contribution < 1.29 is 23.9 Å². The molecule has 0 fully saturated rings. The molecule has 164 valence electrons. The summed E-state index contributed by atoms with van der Waals surface area (Å²) in [5.74, 6) is -1.51. The fourth-order valence-corrected chi connectivity index (χ4v) is 2.58. The molecule has 0 saturated carbocycles. The number of esters is 2. The first-order chi connectivity index (χ1) is 15.4. The van der Waals surface area contributed by atoms with Crippen LogP contribution in [0.3, 0.4) is 0 Å². The molecule has 0 unspecified atom stereocenters. The van der Waals surface area contributed by atoms with Gasteiger partial charge >= 0.3 is 11.9 Å². The predicted octanol–water partition coefficient (Wildman–Crippen LogP) is 1.53. The van der Waals surface area contributed by atoms with Crippen LogP contribution in [-0.2, 0) is 9.47 Å². The minimum atomic E-state index is -0.644. The van der Waals surface area contributed by atoms with Gasteiger partial charge in [0.25, 0.3) is 5.91 Å². The van der Waals surface area contributed by atoms with E-state index in [4.69, 9.17) is 15.2 Å². The van der Waals surface area contributed by atoms with Crippen molar-refractivity contribution in [2.24, 2.45) is 0 Å². The van der Waals surface area contributed by atoms with Gasteiger partial charge in [-0.05, 0) is 30.3 Å². The van der Waals surface area contributed by atoms with Crippen molar-refractivity contribution >= 4 is 40.9 Å². The summed E-state index contributed by atoms with van der Waals surface area (Å²) >= 11 is 0. The highest BCUT2D eigenvalue weighted by Crippen LogP contribution is 2.27. The number of nitrogens with two attached hydrogens (primary N) is 1. The van der Waals surface area contributed by atoms with Gasteiger partial charge in [-0.25, -0.2) is 19.6 Å². The Morgan fingerprint density at radius 3 is 2.16 bits per heavy atom. The Hall–Kier alpha value is -4.74. The van der Waals surface area contributed by atoms with Gasteiger partial charge in [0.2, 0.25) is 0 Å². The molecule has 1 aromatic carbocycles. The molecule has 0 atom stereocenters. The molecule has 1 amide bonds. The number of hydrazine groups is 1. The number of hydrogen-bond acceptors (Lipinski definition) is 11. The highest BCUT2D eigenvalue weighted by atomic mass is 16.5. The number of amides is 1. The predicted molar refractivity (Wildman–Crippen MR) is 114 cm³/mol. The maximum atomic E-state index is 12.1. The molecule has 2 heterocycles. The maximum Gasteiger partial charge on any atom is 0.337 e. The SMILES string of the molecule is COC(=O)c1cc(Nc2ncnc(NNC(=O)c3ccccn3)c2N)cc(C(=O)OC)c1. The first kappa shape index (κ1) is 22.0. The highest BCUT2D eigenvalue weighted by Gasteiger charge is 2.16. The second kappa shape index (κ2) is 9.84. The van der Waals surface area contributed by atoms with Crippen molar-refractivity contribution in [3.63, 3.8) is 0 Å². The molecular formula is C20H19N7O5. The van der Waals surface area contributed by atoms with Crippen molar-refractivity contribution in [2.45, 2.75) is 0 Å². The summed E-state index contributed by atoms with van der Waals surface area (Å²) in [4.78, 5) is 48.1. The third-order valence-corrected chi connectivity index (χ3v) is 4.11. The van der Waals surface area contributed by atoms with E-state index in [0.717, 1.165) is 0 Å². The Bertz CT molecular complexity index is 1120. The molecule has 0 aliphatic heterocycles. The molecule has 0 saturated heterocycles. The van der Waals surface area contributed by atoms with Crippen molar-refractivity contribution in [2.75, 3.05) is 30.7 Å². The Labute approximate surface area is 182 Å². The van der Waals surface area contributed by atoms with Crippen LogP contribution < -0.4 is 21.9 Å². The normalized spacial score (nSPS) is 10.1. The molecule has 3 rings (SSSR count). The van der Waals surface area contributed by atoms with E-state index in [1.165, 1.54) is 44.9 Å². The summed E-state index contributed by atoms with van der Waals surface area (Å²) in [6.45, 7) is 0. The van der Waals surface area contributed by atoms with Crippen molar-refractivity contribution in [1.82, 2.24) is 20.4 Å². The first-order valence-electron chi connectivity index (χ1n) is 9.09. The standard InChI is InChI=1S/C20H19N7O5/c1-31-19(29)11-7-12(20(30)32-2)9-13(8-11)25-16-15(21)17(24-10-23-16)26-27-18(28)14-5-3-4-6-22-14/h3-10H,21H2,1-2H3,(H,27,28)(H2,23,24,25,26). The van der Waals surface area contributed by atoms with E-state index >= 15 is 0 Å². The van der Waals surface area contributed by atoms with Crippen molar-refractivity contribution in [3.05, 3.63) is 65.7 Å². The Morgan fingerprint density at radius 1 is 0.906 bits per heavy atom. The van der Waals surface area contributed by atoms with Crippen LogP contribution in [0.15, 0.2) is 48.9 Å². The second-order valence-corrected chi connectivity index (χ2v) is 6.19. The van der Waals surface area contributed by atoms with E-state index in [1.807, 2.05) is 0 Å². The lowest BCUT2D eigenvalue weighted by molar-refractivity contribution is 0.0599. The van der Waals surface area contributed by atoms with Gasteiger partial charge in [0, 0.05) is 11.9 Å². The Morgan fingerprint density at radius 2 is 1.56 bits per heavy atom. The van der Waals surface area contributed by atoms with Gasteiger partial charge in [0.05, 0.1) is 25.3 Å². The van der Waals surface area contributed by atoms with E-state index in [-0.39, 0.29) is 34.1 Å². The fraction of sp³-hybridized carbons (Fsp3) is 0.100. The number of nitrogens with zero attached hydrogens (tertiary/aromatic N) is 3. The molecule has 0 spiro atoms. The van der Waals surface area contributed by atoms with Crippen LogP contribution in [0.2, 0.25) is 0 Å². The molecule has 5 N–H and O–H groups in total. The van der Waals surface area contributed by atoms with Crippen LogP contribution in [0.5, 0.6) is 0 Å². The monoisotopic (exact) mass is 437 g/mol. The third-order valence-electron chi connectivity index (χ3n) is 4.11. The lowest BCUT2D eigenvalue weighted by Crippen LogP contribution is -2.31. The summed E-state index contributed by atoms with van der Waals surface area (Å²) < 4.78 is 9.44. The molecule has 0 radical (unpaired) electrons. The zero-order valence-corrected chi connectivity index (χ0v) is 17.1. The van der Waals surface area contributed by atoms with Crippen molar-refractivity contribution in [3.8, 4) is 0 Å². The molecule has 0 aliphatic rings. The van der Waals surface area contributed by atoms with E-state index in [9.17, 15) is 14.4 Å². The van der Waals surface area contributed by atoms with Gasteiger partial charge in [0.1, 0.15) is 17.7 Å². The number of carbonyl (C=O) groups excluding carboxylic acids is 3. The fourth-order valence-electron chi connectivity index (χ4n) is 2.58. The van der Waals surface area contributed by atoms with Gasteiger partial charge in [0.15, 0.2) is 11.6 Å². The lowest BCUT2D eigenvalue weighted by Gasteiger charge is -2.14. The zero-order valence-electron chi connectivity index (χ0n) is 17.1. The summed E-state index contributed by atoms with van der Waals surface area (Å²) in [6.07, 6.45) is 2.69. The maximum absolute atomic E-state index is 12.1. The highest BCUT2D eigenvalue weighted by molar-refractivity contribution is 5.97. The van der Waals surface area contributed by atoms with E-state index in [0.29, 0.717) is 5.69 Å². The number of methoxy groups -OCH3 is 2. The second-order valence-electron chi connectivity index (χ2n) is 6.19. The molecule has 3 aromatic rings. The topological polar surface area (TPSA) is 170 Å². The average molecular weight is 437 g/mol. The number of hydrogen-bond donors (Lipinski definition) is 4. The van der Waals surface area contributed by atoms with Gasteiger partial charge in [-0.2, -0.15) is 0 Å². The quantitative estimate of drug-likeness (QED) is 0.312. The van der Waals surface area contributed by atoms with Crippen LogP contribution >= 0.6 is 0 Å². The molecule has 12 heteroatoms. The first-order valence-corrected chi connectivity index (χ1v) is 9.09. The summed E-state index contributed by atoms with van der Waals surface area (Å²) in [5.41, 5.74) is 12.0. The average Bonchev–Trinajstić information content (AvgIpc) is 2.83. The number of rotatable bonds is 7. The minimum Gasteiger partial charge on any atom is -0.465 e. The van der Waals surface area contributed by atoms with Crippen LogP contribution in [0.1, 0.15) is 31.2 Å². The van der Waals surface area contributed by atoms with E-state index in [2.05, 4.69) is 31.1 Å². The van der Waals surface area contributed by atoms with E-state index < -0.39 is 17.8 Å². The molecule has 0 bridgehead atoms. The third kappa shape index (κ3) is 5.05. The number of pyridine rings is 1. The molecular weight excluding hydrogens is 418 g/mol. The van der Waals surface area contributed by atoms with Gasteiger partial charge in [-0.1, -0.05) is 6.07 Å². The molecule has 2 aromatic heterocycles. The number of benzene rings is 1. The summed E-state index contributed by atoms with van der Waals surface area (Å²) in [7, 11) is 2.44. The smallest absolute Gasteiger partial charge is 0.337 e. The van der Waals surface area contributed by atoms with E-state index in [1.54, 1.807) is 18.2 Å². The number of nitrogens with one attached hydrogen (secondary N) is 3. The van der Waals surface area contributed by atoms with Crippen LogP contribution in [0.4, 0.5) is 23.0 Å². The number of aromatic nitrogens is 3. The minimum absolute atomic E-state index is 0.0666. The lowest BCUT2D eigenvalue weighted by atomic mass is 10.1. The van der Waals surface area contributed by atoms with Gasteiger partial charge in [-0.3, -0.25) is 20.6 Å². The van der Waals surface area contributed by atoms with Gasteiger partial charge in [-0.15, -0.1) is 0 Å².